The zero-order valence-corrected chi connectivity index (χ0v) is 24.9. The molecule has 4 aliphatic carbocycles. The minimum atomic E-state index is -0.278. The Balaban J connectivity index is 1.15. The average molecular weight is 546 g/mol. The van der Waals surface area contributed by atoms with Crippen LogP contribution in [-0.4, -0.2) is 41.1 Å². The van der Waals surface area contributed by atoms with E-state index in [9.17, 15) is 9.59 Å². The third-order valence-corrected chi connectivity index (χ3v) is 12.8. The Morgan fingerprint density at radius 3 is 2.70 bits per heavy atom. The third-order valence-electron chi connectivity index (χ3n) is 12.8. The molecule has 5 heteroatoms. The lowest BCUT2D eigenvalue weighted by molar-refractivity contribution is -0.129. The lowest BCUT2D eigenvalue weighted by Crippen LogP contribution is -2.54. The van der Waals surface area contributed by atoms with E-state index in [-0.39, 0.29) is 29.8 Å². The van der Waals surface area contributed by atoms with E-state index in [4.69, 9.17) is 9.47 Å². The summed E-state index contributed by atoms with van der Waals surface area (Å²) in [6.45, 7) is 10.5. The first kappa shape index (κ1) is 26.7. The average Bonchev–Trinajstić information content (AvgIpc) is 3.47. The van der Waals surface area contributed by atoms with Crippen LogP contribution in [0.3, 0.4) is 0 Å². The molecule has 5 fully saturated rings. The summed E-state index contributed by atoms with van der Waals surface area (Å²) < 4.78 is 13.1. The maximum Gasteiger partial charge on any atom is 0.410 e. The van der Waals surface area contributed by atoms with Crippen molar-refractivity contribution in [3.05, 3.63) is 47.0 Å². The highest BCUT2D eigenvalue weighted by atomic mass is 16.6. The van der Waals surface area contributed by atoms with E-state index in [1.165, 1.54) is 31.3 Å². The molecule has 1 spiro atoms. The highest BCUT2D eigenvalue weighted by molar-refractivity contribution is 5.79. The van der Waals surface area contributed by atoms with E-state index >= 15 is 0 Å². The number of hydrogen-bond donors (Lipinski definition) is 0. The van der Waals surface area contributed by atoms with Gasteiger partial charge >= 0.3 is 6.09 Å². The van der Waals surface area contributed by atoms with Crippen molar-refractivity contribution in [2.45, 2.75) is 110 Å². The zero-order valence-electron chi connectivity index (χ0n) is 24.9. The molecule has 5 nitrogen and oxygen atoms in total. The first-order chi connectivity index (χ1) is 19.2. The minimum Gasteiger partial charge on any atom is -0.445 e. The summed E-state index contributed by atoms with van der Waals surface area (Å²) >= 11 is 0. The van der Waals surface area contributed by atoms with Gasteiger partial charge in [0.15, 0.2) is 0 Å². The number of allylic oxidation sites excluding steroid dienone is 1. The molecule has 2 aliphatic heterocycles. The summed E-state index contributed by atoms with van der Waals surface area (Å²) in [5.74, 6) is 3.83. The number of fused-ring (bicyclic) bond motifs is 6. The molecular weight excluding hydrogens is 498 g/mol. The van der Waals surface area contributed by atoms with E-state index in [0.717, 1.165) is 50.1 Å². The molecule has 5 unspecified atom stereocenters. The van der Waals surface area contributed by atoms with Gasteiger partial charge in [-0.3, -0.25) is 4.79 Å². The number of hydrogen-bond acceptors (Lipinski definition) is 4. The fraction of sp³-hybridized carbons (Fsp3) is 0.714. The number of amides is 1. The topological polar surface area (TPSA) is 55.8 Å². The van der Waals surface area contributed by atoms with Crippen molar-refractivity contribution < 1.29 is 19.1 Å². The Morgan fingerprint density at radius 1 is 1.10 bits per heavy atom. The number of ketones is 1. The smallest absolute Gasteiger partial charge is 0.410 e. The number of ether oxygens (including phenoxy) is 2. The summed E-state index contributed by atoms with van der Waals surface area (Å²) in [5.41, 5.74) is 4.21. The third kappa shape index (κ3) is 3.96. The van der Waals surface area contributed by atoms with Crippen LogP contribution >= 0.6 is 0 Å². The maximum atomic E-state index is 13.5. The number of carbonyl (C=O) groups excluding carboxylic acids is 2. The van der Waals surface area contributed by atoms with Crippen LogP contribution in [0.15, 0.2) is 41.5 Å². The molecule has 6 aliphatic rings. The highest BCUT2D eigenvalue weighted by Crippen LogP contribution is 2.66. The largest absolute Gasteiger partial charge is 0.445 e. The fourth-order valence-electron chi connectivity index (χ4n) is 10.7. The Kier molecular flexibility index (Phi) is 6.49. The van der Waals surface area contributed by atoms with Crippen LogP contribution in [0.5, 0.6) is 0 Å². The Morgan fingerprint density at radius 2 is 1.90 bits per heavy atom. The monoisotopic (exact) mass is 545 g/mol. The number of likely N-dealkylation sites (tertiary alicyclic amines) is 1. The number of benzene rings is 1. The molecule has 10 atom stereocenters. The molecule has 2 heterocycles. The van der Waals surface area contributed by atoms with Gasteiger partial charge in [0, 0.05) is 25.3 Å². The number of carbonyl (C=O) groups is 2. The second-order valence-electron chi connectivity index (χ2n) is 14.7. The summed E-state index contributed by atoms with van der Waals surface area (Å²) in [6.07, 6.45) is 9.50. The van der Waals surface area contributed by atoms with E-state index in [1.54, 1.807) is 5.57 Å². The second kappa shape index (κ2) is 9.71. The summed E-state index contributed by atoms with van der Waals surface area (Å²) in [7, 11) is 0. The van der Waals surface area contributed by atoms with E-state index in [0.29, 0.717) is 41.5 Å². The van der Waals surface area contributed by atoms with Crippen molar-refractivity contribution in [2.24, 2.45) is 40.9 Å². The first-order valence-electron chi connectivity index (χ1n) is 16.1. The van der Waals surface area contributed by atoms with Gasteiger partial charge in [-0.25, -0.2) is 4.79 Å². The molecule has 0 N–H and O–H groups in total. The van der Waals surface area contributed by atoms with Crippen LogP contribution in [-0.2, 0) is 20.9 Å². The molecule has 2 saturated heterocycles. The van der Waals surface area contributed by atoms with Crippen LogP contribution < -0.4 is 0 Å². The number of piperidine rings is 1. The van der Waals surface area contributed by atoms with Gasteiger partial charge in [0.25, 0.3) is 0 Å². The highest BCUT2D eigenvalue weighted by Gasteiger charge is 2.63. The fourth-order valence-corrected chi connectivity index (χ4v) is 10.7. The first-order valence-corrected chi connectivity index (χ1v) is 16.1. The van der Waals surface area contributed by atoms with Gasteiger partial charge in [-0.2, -0.15) is 0 Å². The molecule has 0 bridgehead atoms. The van der Waals surface area contributed by atoms with Crippen molar-refractivity contribution in [2.75, 3.05) is 6.54 Å². The number of Topliss-reactive ketones (excluding diaryl/α,β-unsaturated/α-hetero) is 1. The maximum absolute atomic E-state index is 13.5. The van der Waals surface area contributed by atoms with Gasteiger partial charge in [0.2, 0.25) is 0 Å². The normalized spacial score (nSPS) is 44.2. The van der Waals surface area contributed by atoms with Crippen LogP contribution in [0.2, 0.25) is 0 Å². The Bertz CT molecular complexity index is 1210. The van der Waals surface area contributed by atoms with Gasteiger partial charge in [-0.15, -0.1) is 0 Å². The molecular formula is C35H47NO4. The summed E-state index contributed by atoms with van der Waals surface area (Å²) in [5, 5.41) is 0. The number of rotatable bonds is 2. The van der Waals surface area contributed by atoms with E-state index in [1.807, 2.05) is 35.2 Å². The molecule has 1 aromatic carbocycles. The Labute approximate surface area is 240 Å². The van der Waals surface area contributed by atoms with Crippen molar-refractivity contribution in [3.63, 3.8) is 0 Å². The summed E-state index contributed by atoms with van der Waals surface area (Å²) in [6, 6.07) is 10.0. The minimum absolute atomic E-state index is 0.0570. The van der Waals surface area contributed by atoms with Crippen molar-refractivity contribution in [1.82, 2.24) is 4.90 Å². The van der Waals surface area contributed by atoms with Gasteiger partial charge in [0.1, 0.15) is 12.4 Å². The predicted octanol–water partition coefficient (Wildman–Crippen LogP) is 7.34. The van der Waals surface area contributed by atoms with Gasteiger partial charge in [-0.1, -0.05) is 56.7 Å². The van der Waals surface area contributed by atoms with Crippen LogP contribution in [0, 0.1) is 40.9 Å². The lowest BCUT2D eigenvalue weighted by Gasteiger charge is -2.52. The second-order valence-corrected chi connectivity index (χ2v) is 14.7. The number of nitrogens with zero attached hydrogens (tertiary/aromatic N) is 1. The van der Waals surface area contributed by atoms with Crippen LogP contribution in [0.25, 0.3) is 0 Å². The zero-order chi connectivity index (χ0) is 27.8. The molecule has 7 rings (SSSR count). The Hall–Kier alpha value is -2.14. The predicted molar refractivity (Wildman–Crippen MR) is 154 cm³/mol. The van der Waals surface area contributed by atoms with Crippen LogP contribution in [0.4, 0.5) is 4.79 Å². The molecule has 1 amide bonds. The molecule has 0 radical (unpaired) electrons. The van der Waals surface area contributed by atoms with Crippen LogP contribution in [0.1, 0.15) is 91.0 Å². The van der Waals surface area contributed by atoms with Gasteiger partial charge in [-0.05, 0) is 98.0 Å². The van der Waals surface area contributed by atoms with Crippen molar-refractivity contribution in [3.8, 4) is 0 Å². The molecule has 3 saturated carbocycles. The van der Waals surface area contributed by atoms with Crippen molar-refractivity contribution >= 4 is 11.9 Å². The molecule has 40 heavy (non-hydrogen) atoms. The molecule has 0 aromatic heterocycles. The standard InChI is InChI=1S/C35H47NO4/c1-21-16-31-32(36(19-21)33(38)39-20-24-8-6-5-7-9-24)23(3)35(40-31)15-13-27-28-11-10-25-17-26(37)12-14-34(25,4)30(28)18-29(27)22(35)2/h5-9,21,23,25,27-28,30-32H,10-20H2,1-4H3/t21?,23-,25-,27+,28?,30+,31-,32?,34?,35?/m1/s1. The van der Waals surface area contributed by atoms with Gasteiger partial charge in [0.05, 0.1) is 17.7 Å². The van der Waals surface area contributed by atoms with Gasteiger partial charge < -0.3 is 14.4 Å². The lowest BCUT2D eigenvalue weighted by atomic mass is 9.52. The molecule has 1 aromatic rings. The van der Waals surface area contributed by atoms with E-state index < -0.39 is 0 Å². The van der Waals surface area contributed by atoms with Crippen molar-refractivity contribution in [1.29, 1.82) is 0 Å². The SMILES string of the molecule is CC1=C2C[C@H]3C(CC[C@@H]4CC(=O)CCC43C)[C@@H]2CCC12O[C@@H]1CC(C)CN(C(=O)OCc3ccccc3)C1[C@H]2C. The quantitative estimate of drug-likeness (QED) is 0.365. The van der Waals surface area contributed by atoms with E-state index in [2.05, 4.69) is 27.7 Å². The summed E-state index contributed by atoms with van der Waals surface area (Å²) in [4.78, 5) is 27.9. The molecule has 216 valence electrons.